The summed E-state index contributed by atoms with van der Waals surface area (Å²) >= 11 is 0. The smallest absolute Gasteiger partial charge is 0.338 e. The average molecular weight is 543 g/mol. The van der Waals surface area contributed by atoms with Gasteiger partial charge in [0.05, 0.1) is 29.4 Å². The minimum Gasteiger partial charge on any atom is -0.478 e. The number of ether oxygens (including phenoxy) is 1. The fourth-order valence-electron chi connectivity index (χ4n) is 2.95. The summed E-state index contributed by atoms with van der Waals surface area (Å²) in [5, 5.41) is 9.26. The Morgan fingerprint density at radius 2 is 1.80 bits per heavy atom. The highest BCUT2D eigenvalue weighted by Crippen LogP contribution is 2.36. The van der Waals surface area contributed by atoms with E-state index >= 15 is 0 Å². The van der Waals surface area contributed by atoms with E-state index < -0.39 is 85.4 Å². The molecule has 0 fully saturated rings. The number of hydrogen-bond acceptors (Lipinski definition) is 7. The molecule has 0 aromatic heterocycles. The van der Waals surface area contributed by atoms with Gasteiger partial charge < -0.3 is 15.6 Å². The maximum atomic E-state index is 14.9. The molecule has 0 heterocycles. The number of alkyl halides is 2. The quantitative estimate of drug-likeness (QED) is 0.272. The Morgan fingerprint density at radius 3 is 2.40 bits per heavy atom. The third-order valence-electron chi connectivity index (χ3n) is 4.75. The molecule has 194 valence electrons. The maximum Gasteiger partial charge on any atom is 0.338 e. The molecule has 4 N–H and O–H groups in total. The molecule has 0 spiro atoms. The van der Waals surface area contributed by atoms with Crippen LogP contribution in [0, 0.1) is 18.6 Å². The summed E-state index contributed by atoms with van der Waals surface area (Å²) in [6, 6.07) is 3.69. The molecule has 0 saturated carbocycles. The Bertz CT molecular complexity index is 1320. The van der Waals surface area contributed by atoms with Crippen molar-refractivity contribution in [2.45, 2.75) is 25.3 Å². The molecule has 1 unspecified atom stereocenters. The lowest BCUT2D eigenvalue weighted by Gasteiger charge is -2.16. The van der Waals surface area contributed by atoms with Crippen molar-refractivity contribution in [3.63, 3.8) is 0 Å². The number of carboxylic acids is 1. The summed E-state index contributed by atoms with van der Waals surface area (Å²) in [6.45, 7) is 0.292. The molecule has 9 nitrogen and oxygen atoms in total. The second-order valence-electron chi connectivity index (χ2n) is 7.33. The fraction of sp³-hybridized carbons (Fsp3) is 0.350. The number of carboxylic acid groups (broad SMARTS) is 1. The second-order valence-corrected chi connectivity index (χ2v) is 11.4. The van der Waals surface area contributed by atoms with E-state index in [9.17, 15) is 44.3 Å². The van der Waals surface area contributed by atoms with E-state index in [1.165, 1.54) is 6.92 Å². The van der Waals surface area contributed by atoms with Crippen molar-refractivity contribution in [3.8, 4) is 11.5 Å². The molecule has 2 rings (SSSR count). The molecule has 0 saturated heterocycles. The van der Waals surface area contributed by atoms with E-state index in [1.807, 2.05) is 0 Å². The van der Waals surface area contributed by atoms with Crippen molar-refractivity contribution >= 4 is 37.2 Å². The van der Waals surface area contributed by atoms with Gasteiger partial charge in [0, 0.05) is 17.7 Å². The molecular formula is C20H22F4N2O7S2. The first-order chi connectivity index (χ1) is 16.2. The Balaban J connectivity index is 2.26. The minimum atomic E-state index is -4.51. The van der Waals surface area contributed by atoms with Crippen LogP contribution >= 0.6 is 0 Å². The predicted octanol–water partition coefficient (Wildman–Crippen LogP) is 3.55. The number of nitrogen functional groups attached to an aromatic ring is 1. The summed E-state index contributed by atoms with van der Waals surface area (Å²) in [5.41, 5.74) is 1.69. The van der Waals surface area contributed by atoms with Gasteiger partial charge in [0.2, 0.25) is 21.3 Å². The Hall–Kier alpha value is -3.07. The molecule has 0 bridgehead atoms. The van der Waals surface area contributed by atoms with Crippen LogP contribution in [-0.4, -0.2) is 51.6 Å². The molecule has 0 aliphatic carbocycles. The van der Waals surface area contributed by atoms with Gasteiger partial charge >= 0.3 is 5.97 Å². The molecule has 0 aliphatic heterocycles. The van der Waals surface area contributed by atoms with Crippen molar-refractivity contribution in [2.24, 2.45) is 0 Å². The van der Waals surface area contributed by atoms with Crippen LogP contribution in [0.25, 0.3) is 0 Å². The van der Waals surface area contributed by atoms with Gasteiger partial charge in [-0.05, 0) is 37.6 Å². The van der Waals surface area contributed by atoms with E-state index in [4.69, 9.17) is 10.5 Å². The number of carbonyl (C=O) groups is 1. The van der Waals surface area contributed by atoms with Crippen molar-refractivity contribution in [1.29, 1.82) is 0 Å². The lowest BCUT2D eigenvalue weighted by molar-refractivity contribution is 0.0697. The van der Waals surface area contributed by atoms with E-state index in [0.717, 1.165) is 18.2 Å². The number of rotatable bonds is 12. The summed E-state index contributed by atoms with van der Waals surface area (Å²) in [6.07, 6.45) is -1.45. The number of hydrogen-bond donors (Lipinski definition) is 3. The molecule has 1 atom stereocenters. The number of aromatic carboxylic acids is 1. The maximum absolute atomic E-state index is 14.9. The monoisotopic (exact) mass is 542 g/mol. The Kier molecular flexibility index (Phi) is 8.94. The molecule has 0 aliphatic rings. The highest BCUT2D eigenvalue weighted by Gasteiger charge is 2.28. The lowest BCUT2D eigenvalue weighted by atomic mass is 10.1. The van der Waals surface area contributed by atoms with Gasteiger partial charge in [0.15, 0.2) is 21.5 Å². The van der Waals surface area contributed by atoms with Crippen molar-refractivity contribution < 1.29 is 49.0 Å². The molecule has 35 heavy (non-hydrogen) atoms. The first kappa shape index (κ1) is 28.2. The minimum absolute atomic E-state index is 0.0507. The van der Waals surface area contributed by atoms with Gasteiger partial charge in [-0.15, -0.1) is 0 Å². The third kappa shape index (κ3) is 6.97. The number of nitrogens with one attached hydrogen (secondary N) is 1. The number of anilines is 2. The van der Waals surface area contributed by atoms with Gasteiger partial charge in [0.25, 0.3) is 0 Å². The highest BCUT2D eigenvalue weighted by atomic mass is 32.2. The van der Waals surface area contributed by atoms with Gasteiger partial charge in [0.1, 0.15) is 5.75 Å². The first-order valence-electron chi connectivity index (χ1n) is 9.90. The number of halogens is 4. The Morgan fingerprint density at radius 1 is 1.14 bits per heavy atom. The van der Waals surface area contributed by atoms with E-state index in [2.05, 4.69) is 0 Å². The zero-order chi connectivity index (χ0) is 26.6. The van der Waals surface area contributed by atoms with Gasteiger partial charge in [-0.3, -0.25) is 9.11 Å². The molecule has 2 aromatic carbocycles. The van der Waals surface area contributed by atoms with Gasteiger partial charge in [-0.1, -0.05) is 0 Å². The summed E-state index contributed by atoms with van der Waals surface area (Å²) in [7, 11) is -8.89. The van der Waals surface area contributed by atoms with Crippen LogP contribution in [0.5, 0.6) is 11.5 Å². The summed E-state index contributed by atoms with van der Waals surface area (Å²) < 4.78 is 110. The van der Waals surface area contributed by atoms with Gasteiger partial charge in [-0.25, -0.2) is 34.8 Å². The zero-order valence-electron chi connectivity index (χ0n) is 18.2. The fourth-order valence-corrected chi connectivity index (χ4v) is 5.46. The second kappa shape index (κ2) is 11.1. The molecule has 2 aromatic rings. The van der Waals surface area contributed by atoms with E-state index in [-0.39, 0.29) is 22.6 Å². The Labute approximate surface area is 198 Å². The number of benzene rings is 2. The number of sulfone groups is 1. The lowest BCUT2D eigenvalue weighted by Crippen LogP contribution is -2.25. The molecule has 15 heteroatoms. The summed E-state index contributed by atoms with van der Waals surface area (Å²) in [5.74, 6) is -7.38. The number of nitrogens with two attached hydrogens (primary N) is 1. The molecule has 0 radical (unpaired) electrons. The van der Waals surface area contributed by atoms with Gasteiger partial charge in [-0.2, -0.15) is 0 Å². The number of sulfonamides is 1. The molecule has 0 amide bonds. The van der Waals surface area contributed by atoms with Crippen LogP contribution in [-0.2, 0) is 19.9 Å². The van der Waals surface area contributed by atoms with Crippen LogP contribution in [0.1, 0.15) is 28.8 Å². The van der Waals surface area contributed by atoms with Crippen molar-refractivity contribution in [3.05, 3.63) is 47.0 Å². The zero-order valence-corrected chi connectivity index (χ0v) is 19.9. The largest absolute Gasteiger partial charge is 0.478 e. The SMILES string of the molecule is Cc1c(Oc2c(F)ccc(NS(=O)(=O)CCC(F)S(=O)(=O)CCCF)c2F)ccc(N)c1C(=O)O. The van der Waals surface area contributed by atoms with Crippen molar-refractivity contribution in [2.75, 3.05) is 28.6 Å². The van der Waals surface area contributed by atoms with Crippen LogP contribution < -0.4 is 15.2 Å². The molecular weight excluding hydrogens is 520 g/mol. The van der Waals surface area contributed by atoms with E-state index in [0.29, 0.717) is 6.07 Å². The van der Waals surface area contributed by atoms with Crippen LogP contribution in [0.3, 0.4) is 0 Å². The van der Waals surface area contributed by atoms with Crippen LogP contribution in [0.4, 0.5) is 28.9 Å². The highest BCUT2D eigenvalue weighted by molar-refractivity contribution is 7.93. The first-order valence-corrected chi connectivity index (χ1v) is 13.3. The summed E-state index contributed by atoms with van der Waals surface area (Å²) in [4.78, 5) is 11.4. The van der Waals surface area contributed by atoms with Crippen LogP contribution in [0.15, 0.2) is 24.3 Å². The normalized spacial score (nSPS) is 12.8. The average Bonchev–Trinajstić information content (AvgIpc) is 2.76. The van der Waals surface area contributed by atoms with Crippen molar-refractivity contribution in [1.82, 2.24) is 0 Å². The standard InChI is InChI=1S/C20H22F4N2O7S2/c1-11-15(6-4-13(25)17(11)20(27)28)33-19-12(22)3-5-14(18(19)24)26-35(31,32)10-7-16(23)34(29,30)9-2-8-21/h3-6,16,26H,2,7-10,25H2,1H3,(H,27,28). The van der Waals surface area contributed by atoms with Crippen LogP contribution in [0.2, 0.25) is 0 Å². The third-order valence-corrected chi connectivity index (χ3v) is 7.93. The van der Waals surface area contributed by atoms with E-state index in [1.54, 1.807) is 4.72 Å². The predicted molar refractivity (Wildman–Crippen MR) is 120 cm³/mol. The topological polar surface area (TPSA) is 153 Å².